The molecule has 3 aromatic rings. The van der Waals surface area contributed by atoms with Crippen molar-refractivity contribution in [3.63, 3.8) is 0 Å². The normalized spacial score (nSPS) is 10.6. The van der Waals surface area contributed by atoms with Crippen molar-refractivity contribution >= 4 is 23.0 Å². The Morgan fingerprint density at radius 1 is 1.19 bits per heavy atom. The molecule has 0 saturated heterocycles. The summed E-state index contributed by atoms with van der Waals surface area (Å²) in [5.41, 5.74) is 3.12. The molecule has 5 nitrogen and oxygen atoms in total. The lowest BCUT2D eigenvalue weighted by Crippen LogP contribution is -2.27. The smallest absolute Gasteiger partial charge is 0.171 e. The van der Waals surface area contributed by atoms with E-state index in [1.807, 2.05) is 48.9 Å². The molecule has 0 saturated carbocycles. The molecule has 0 spiro atoms. The van der Waals surface area contributed by atoms with Crippen LogP contribution in [0.5, 0.6) is 5.75 Å². The van der Waals surface area contributed by atoms with Gasteiger partial charge >= 0.3 is 0 Å². The Bertz CT molecular complexity index is 845. The van der Waals surface area contributed by atoms with Crippen LogP contribution >= 0.6 is 12.2 Å². The van der Waals surface area contributed by atoms with Gasteiger partial charge in [0.15, 0.2) is 5.11 Å². The van der Waals surface area contributed by atoms with Crippen LogP contribution in [0.1, 0.15) is 19.4 Å². The minimum atomic E-state index is 0.139. The molecule has 0 amide bonds. The third-order valence-corrected chi connectivity index (χ3v) is 3.90. The summed E-state index contributed by atoms with van der Waals surface area (Å²) in [5.74, 6) is 0.822. The first-order valence-corrected chi connectivity index (χ1v) is 8.90. The number of thiocarbonyl (C=S) groups is 1. The second-order valence-electron chi connectivity index (χ2n) is 6.14. The highest BCUT2D eigenvalue weighted by atomic mass is 32.1. The highest BCUT2D eigenvalue weighted by Crippen LogP contribution is 2.18. The van der Waals surface area contributed by atoms with Crippen LogP contribution in [0.25, 0.3) is 5.69 Å². The number of hydrogen-bond acceptors (Lipinski definition) is 3. The molecule has 1 aromatic heterocycles. The zero-order valence-electron chi connectivity index (χ0n) is 14.8. The number of aromatic nitrogens is 2. The maximum atomic E-state index is 5.70. The van der Waals surface area contributed by atoms with Crippen molar-refractivity contribution < 1.29 is 4.74 Å². The van der Waals surface area contributed by atoms with E-state index in [4.69, 9.17) is 17.0 Å². The lowest BCUT2D eigenvalue weighted by molar-refractivity contribution is 0.242. The lowest BCUT2D eigenvalue weighted by Gasteiger charge is -2.13. The minimum absolute atomic E-state index is 0.139. The molecule has 0 aliphatic carbocycles. The van der Waals surface area contributed by atoms with Crippen molar-refractivity contribution in [2.45, 2.75) is 26.5 Å². The zero-order chi connectivity index (χ0) is 18.4. The Morgan fingerprint density at radius 2 is 2.00 bits per heavy atom. The van der Waals surface area contributed by atoms with E-state index in [1.165, 1.54) is 0 Å². The molecule has 0 aliphatic heterocycles. The first kappa shape index (κ1) is 17.9. The third-order valence-electron chi connectivity index (χ3n) is 3.66. The maximum absolute atomic E-state index is 5.70. The van der Waals surface area contributed by atoms with Crippen molar-refractivity contribution in [1.82, 2.24) is 14.9 Å². The Balaban J connectivity index is 1.52. The van der Waals surface area contributed by atoms with E-state index in [9.17, 15) is 0 Å². The molecule has 134 valence electrons. The topological polar surface area (TPSA) is 51.1 Å². The summed E-state index contributed by atoms with van der Waals surface area (Å²) in [6.45, 7) is 4.66. The first-order chi connectivity index (χ1) is 12.6. The van der Waals surface area contributed by atoms with Gasteiger partial charge in [0.05, 0.1) is 12.4 Å². The average molecular weight is 366 g/mol. The molecule has 0 aliphatic rings. The van der Waals surface area contributed by atoms with Crippen LogP contribution in [0.2, 0.25) is 0 Å². The molecule has 2 aromatic carbocycles. The van der Waals surface area contributed by atoms with Gasteiger partial charge in [0.2, 0.25) is 0 Å². The SMILES string of the molecule is CC(C)Oc1cccc(NC(=S)NCc2ccc(-n3ccnc3)cc2)c1. The molecular weight excluding hydrogens is 344 g/mol. The van der Waals surface area contributed by atoms with Crippen LogP contribution < -0.4 is 15.4 Å². The van der Waals surface area contributed by atoms with Gasteiger partial charge in [-0.25, -0.2) is 4.98 Å². The standard InChI is InChI=1S/C20H22N4OS/c1-15(2)25-19-5-3-4-17(12-19)23-20(26)22-13-16-6-8-18(9-7-16)24-11-10-21-14-24/h3-12,14-15H,13H2,1-2H3,(H2,22,23,26). The Morgan fingerprint density at radius 3 is 2.69 bits per heavy atom. The van der Waals surface area contributed by atoms with Crippen LogP contribution in [0.4, 0.5) is 5.69 Å². The number of nitrogens with zero attached hydrogens (tertiary/aromatic N) is 2. The van der Waals surface area contributed by atoms with Gasteiger partial charge in [0.25, 0.3) is 0 Å². The number of anilines is 1. The van der Waals surface area contributed by atoms with Gasteiger partial charge in [-0.3, -0.25) is 0 Å². The van der Waals surface area contributed by atoms with E-state index < -0.39 is 0 Å². The molecular formula is C20H22N4OS. The van der Waals surface area contributed by atoms with Crippen LogP contribution in [0, 0.1) is 0 Å². The van der Waals surface area contributed by atoms with Crippen molar-refractivity contribution in [3.05, 3.63) is 72.8 Å². The van der Waals surface area contributed by atoms with Gasteiger partial charge in [-0.2, -0.15) is 0 Å². The van der Waals surface area contributed by atoms with E-state index >= 15 is 0 Å². The Hall–Kier alpha value is -2.86. The molecule has 0 fully saturated rings. The monoisotopic (exact) mass is 366 g/mol. The van der Waals surface area contributed by atoms with Crippen LogP contribution in [-0.4, -0.2) is 20.8 Å². The summed E-state index contributed by atoms with van der Waals surface area (Å²) in [4.78, 5) is 4.06. The molecule has 6 heteroatoms. The number of rotatable bonds is 6. The van der Waals surface area contributed by atoms with Crippen molar-refractivity contribution in [2.75, 3.05) is 5.32 Å². The maximum Gasteiger partial charge on any atom is 0.171 e. The summed E-state index contributed by atoms with van der Waals surface area (Å²) in [6.07, 6.45) is 5.61. The van der Waals surface area contributed by atoms with Crippen LogP contribution in [0.3, 0.4) is 0 Å². The van der Waals surface area contributed by atoms with Gasteiger partial charge in [0.1, 0.15) is 5.75 Å². The molecule has 26 heavy (non-hydrogen) atoms. The fourth-order valence-corrected chi connectivity index (χ4v) is 2.66. The van der Waals surface area contributed by atoms with Gasteiger partial charge in [0, 0.05) is 36.4 Å². The van der Waals surface area contributed by atoms with Crippen molar-refractivity contribution in [1.29, 1.82) is 0 Å². The fourth-order valence-electron chi connectivity index (χ4n) is 2.47. The summed E-state index contributed by atoms with van der Waals surface area (Å²) >= 11 is 5.38. The zero-order valence-corrected chi connectivity index (χ0v) is 15.7. The largest absolute Gasteiger partial charge is 0.491 e. The van der Waals surface area contributed by atoms with Crippen LogP contribution in [0.15, 0.2) is 67.3 Å². The summed E-state index contributed by atoms with van der Waals surface area (Å²) in [6, 6.07) is 16.0. The summed E-state index contributed by atoms with van der Waals surface area (Å²) < 4.78 is 7.67. The molecule has 2 N–H and O–H groups in total. The Labute approximate surface area is 159 Å². The highest BCUT2D eigenvalue weighted by Gasteiger charge is 2.02. The van der Waals surface area contributed by atoms with Gasteiger partial charge in [-0.05, 0) is 55.9 Å². The van der Waals surface area contributed by atoms with Gasteiger partial charge in [-0.15, -0.1) is 0 Å². The lowest BCUT2D eigenvalue weighted by atomic mass is 10.2. The van der Waals surface area contributed by atoms with E-state index in [2.05, 4.69) is 39.9 Å². The second kappa shape index (κ2) is 8.49. The second-order valence-corrected chi connectivity index (χ2v) is 6.55. The average Bonchev–Trinajstić information content (AvgIpc) is 3.15. The Kier molecular flexibility index (Phi) is 5.86. The number of benzene rings is 2. The molecule has 0 unspecified atom stereocenters. The number of ether oxygens (including phenoxy) is 1. The summed E-state index contributed by atoms with van der Waals surface area (Å²) in [7, 11) is 0. The first-order valence-electron chi connectivity index (χ1n) is 8.49. The number of hydrogen-bond donors (Lipinski definition) is 2. The molecule has 0 bridgehead atoms. The predicted molar refractivity (Wildman–Crippen MR) is 109 cm³/mol. The fraction of sp³-hybridized carbons (Fsp3) is 0.200. The third kappa shape index (κ3) is 5.07. The number of imidazole rings is 1. The summed E-state index contributed by atoms with van der Waals surface area (Å²) in [5, 5.41) is 6.98. The van der Waals surface area contributed by atoms with Crippen molar-refractivity contribution in [2.24, 2.45) is 0 Å². The van der Waals surface area contributed by atoms with E-state index in [-0.39, 0.29) is 6.10 Å². The molecule has 0 radical (unpaired) electrons. The predicted octanol–water partition coefficient (Wildman–Crippen LogP) is 4.15. The van der Waals surface area contributed by atoms with E-state index in [0.717, 1.165) is 22.7 Å². The molecule has 1 heterocycles. The number of nitrogens with one attached hydrogen (secondary N) is 2. The minimum Gasteiger partial charge on any atom is -0.491 e. The van der Waals surface area contributed by atoms with Crippen molar-refractivity contribution in [3.8, 4) is 11.4 Å². The van der Waals surface area contributed by atoms with Gasteiger partial charge in [-0.1, -0.05) is 18.2 Å². The van der Waals surface area contributed by atoms with Gasteiger partial charge < -0.3 is 19.9 Å². The van der Waals surface area contributed by atoms with E-state index in [1.54, 1.807) is 12.5 Å². The highest BCUT2D eigenvalue weighted by molar-refractivity contribution is 7.80. The van der Waals surface area contributed by atoms with Crippen LogP contribution in [-0.2, 0) is 6.54 Å². The molecule has 3 rings (SSSR count). The quantitative estimate of drug-likeness (QED) is 0.642. The molecule has 0 atom stereocenters. The van der Waals surface area contributed by atoms with E-state index in [0.29, 0.717) is 11.7 Å².